The van der Waals surface area contributed by atoms with Crippen molar-refractivity contribution < 1.29 is 33.7 Å². The van der Waals surface area contributed by atoms with Crippen LogP contribution in [0.3, 0.4) is 0 Å². The Labute approximate surface area is 79.2 Å². The van der Waals surface area contributed by atoms with Crippen LogP contribution in [-0.2, 0) is 33.7 Å². The summed E-state index contributed by atoms with van der Waals surface area (Å²) in [6.45, 7) is 3.15. The Morgan fingerprint density at radius 2 is 2.36 bits per heavy atom. The fraction of sp³-hybridized carbons (Fsp3) is 0.857. The number of rotatable bonds is 4. The van der Waals surface area contributed by atoms with Crippen LogP contribution in [0.5, 0.6) is 0 Å². The summed E-state index contributed by atoms with van der Waals surface area (Å²) in [4.78, 5) is 10.7. The zero-order chi connectivity index (χ0) is 7.40. The third-order valence-corrected chi connectivity index (χ3v) is 1.29. The average Bonchev–Trinajstić information content (AvgIpc) is 2.67. The smallest absolute Gasteiger partial charge is 0.305 e. The molecule has 0 bridgehead atoms. The van der Waals surface area contributed by atoms with Crippen LogP contribution in [0.2, 0.25) is 0 Å². The predicted octanol–water partition coefficient (Wildman–Crippen LogP) is 0.726. The molecular weight excluding hydrogens is 197 g/mol. The van der Waals surface area contributed by atoms with Crippen molar-refractivity contribution in [3.8, 4) is 0 Å². The molecule has 3 nitrogen and oxygen atoms in total. The van der Waals surface area contributed by atoms with Crippen LogP contribution < -0.4 is 0 Å². The number of hydrogen-bond donors (Lipinski definition) is 0. The van der Waals surface area contributed by atoms with Gasteiger partial charge in [0.2, 0.25) is 0 Å². The molecule has 0 radical (unpaired) electrons. The molecule has 1 saturated heterocycles. The van der Waals surface area contributed by atoms with Crippen LogP contribution in [-0.4, -0.2) is 25.3 Å². The van der Waals surface area contributed by atoms with Crippen LogP contribution in [0.4, 0.5) is 0 Å². The van der Waals surface area contributed by atoms with E-state index in [1.807, 2.05) is 6.92 Å². The van der Waals surface area contributed by atoms with Crippen LogP contribution in [0.25, 0.3) is 0 Å². The van der Waals surface area contributed by atoms with Crippen LogP contribution in [0, 0.1) is 0 Å². The summed E-state index contributed by atoms with van der Waals surface area (Å²) in [7, 11) is 0. The zero-order valence-corrected chi connectivity index (χ0v) is 9.80. The molecule has 60 valence electrons. The maximum Gasteiger partial charge on any atom is 0.305 e. The van der Waals surface area contributed by atoms with Gasteiger partial charge in [-0.05, 0) is 6.42 Å². The number of esters is 1. The molecular formula is C7H12O3Zn. The molecule has 0 spiro atoms. The maximum atomic E-state index is 10.7. The molecule has 4 heteroatoms. The van der Waals surface area contributed by atoms with E-state index in [-0.39, 0.29) is 31.6 Å². The number of ether oxygens (including phenoxy) is 2. The molecule has 0 N–H and O–H groups in total. The second-order valence-electron chi connectivity index (χ2n) is 2.39. The van der Waals surface area contributed by atoms with Crippen molar-refractivity contribution in [1.82, 2.24) is 0 Å². The molecule has 0 aliphatic carbocycles. The number of epoxide rings is 1. The fourth-order valence-corrected chi connectivity index (χ4v) is 0.626. The van der Waals surface area contributed by atoms with Crippen molar-refractivity contribution in [2.24, 2.45) is 0 Å². The number of carbonyl (C=O) groups is 1. The van der Waals surface area contributed by atoms with Gasteiger partial charge in [-0.2, -0.15) is 0 Å². The fourth-order valence-electron chi connectivity index (χ4n) is 0.626. The Morgan fingerprint density at radius 1 is 1.73 bits per heavy atom. The van der Waals surface area contributed by atoms with Gasteiger partial charge >= 0.3 is 5.97 Å². The SMILES string of the molecule is CCCC(=O)OCC1CO1.[Zn]. The van der Waals surface area contributed by atoms with Crippen molar-refractivity contribution >= 4 is 5.97 Å². The van der Waals surface area contributed by atoms with Gasteiger partial charge in [-0.15, -0.1) is 0 Å². The normalized spacial score (nSPS) is 20.3. The zero-order valence-electron chi connectivity index (χ0n) is 6.84. The van der Waals surface area contributed by atoms with E-state index in [4.69, 9.17) is 9.47 Å². The Hall–Kier alpha value is 0.0534. The first kappa shape index (κ1) is 11.1. The summed E-state index contributed by atoms with van der Waals surface area (Å²) in [5.41, 5.74) is 0. The summed E-state index contributed by atoms with van der Waals surface area (Å²) in [5, 5.41) is 0. The van der Waals surface area contributed by atoms with E-state index in [1.54, 1.807) is 0 Å². The molecule has 1 aliphatic heterocycles. The standard InChI is InChI=1S/C7H12O3.Zn/c1-2-3-7(8)10-5-6-4-9-6;/h6H,2-5H2,1H3;. The monoisotopic (exact) mass is 208 g/mol. The first-order chi connectivity index (χ1) is 4.83. The summed E-state index contributed by atoms with van der Waals surface area (Å²) >= 11 is 0. The van der Waals surface area contributed by atoms with Crippen molar-refractivity contribution in [2.75, 3.05) is 13.2 Å². The van der Waals surface area contributed by atoms with Crippen LogP contribution in [0.15, 0.2) is 0 Å². The van der Waals surface area contributed by atoms with E-state index >= 15 is 0 Å². The first-order valence-corrected chi connectivity index (χ1v) is 3.60. The van der Waals surface area contributed by atoms with Gasteiger partial charge in [-0.1, -0.05) is 6.92 Å². The second kappa shape index (κ2) is 5.67. The van der Waals surface area contributed by atoms with E-state index in [0.29, 0.717) is 13.0 Å². The molecule has 0 saturated carbocycles. The quantitative estimate of drug-likeness (QED) is 0.389. The Kier molecular flexibility index (Phi) is 5.70. The van der Waals surface area contributed by atoms with E-state index in [0.717, 1.165) is 13.0 Å². The molecule has 0 aromatic carbocycles. The van der Waals surface area contributed by atoms with Gasteiger partial charge in [0, 0.05) is 25.9 Å². The van der Waals surface area contributed by atoms with Crippen molar-refractivity contribution in [1.29, 1.82) is 0 Å². The van der Waals surface area contributed by atoms with Crippen molar-refractivity contribution in [3.63, 3.8) is 0 Å². The van der Waals surface area contributed by atoms with Crippen LogP contribution >= 0.6 is 0 Å². The van der Waals surface area contributed by atoms with Gasteiger partial charge < -0.3 is 9.47 Å². The Bertz CT molecular complexity index is 123. The van der Waals surface area contributed by atoms with Gasteiger partial charge in [0.05, 0.1) is 6.61 Å². The summed E-state index contributed by atoms with van der Waals surface area (Å²) in [6, 6.07) is 0. The van der Waals surface area contributed by atoms with Crippen LogP contribution in [0.1, 0.15) is 19.8 Å². The summed E-state index contributed by atoms with van der Waals surface area (Å²) in [5.74, 6) is -0.113. The van der Waals surface area contributed by atoms with Crippen molar-refractivity contribution in [3.05, 3.63) is 0 Å². The third kappa shape index (κ3) is 5.34. The predicted molar refractivity (Wildman–Crippen MR) is 35.6 cm³/mol. The van der Waals surface area contributed by atoms with Gasteiger partial charge in [0.15, 0.2) is 0 Å². The maximum absolute atomic E-state index is 10.7. The molecule has 0 amide bonds. The number of hydrogen-bond acceptors (Lipinski definition) is 3. The minimum atomic E-state index is -0.113. The van der Waals surface area contributed by atoms with Crippen molar-refractivity contribution in [2.45, 2.75) is 25.9 Å². The van der Waals surface area contributed by atoms with Gasteiger partial charge in [-0.25, -0.2) is 0 Å². The molecule has 1 rings (SSSR count). The van der Waals surface area contributed by atoms with Gasteiger partial charge in [0.25, 0.3) is 0 Å². The summed E-state index contributed by atoms with van der Waals surface area (Å²) < 4.78 is 9.70. The molecule has 0 aromatic rings. The molecule has 1 heterocycles. The topological polar surface area (TPSA) is 38.8 Å². The minimum absolute atomic E-state index is 0. The largest absolute Gasteiger partial charge is 0.463 e. The molecule has 1 aliphatic rings. The molecule has 1 atom stereocenters. The Morgan fingerprint density at radius 3 is 2.82 bits per heavy atom. The molecule has 1 fully saturated rings. The third-order valence-electron chi connectivity index (χ3n) is 1.29. The molecule has 11 heavy (non-hydrogen) atoms. The average molecular weight is 210 g/mol. The number of carbonyl (C=O) groups excluding carboxylic acids is 1. The van der Waals surface area contributed by atoms with E-state index in [9.17, 15) is 4.79 Å². The molecule has 0 aromatic heterocycles. The minimum Gasteiger partial charge on any atom is -0.463 e. The van der Waals surface area contributed by atoms with Gasteiger partial charge in [-0.3, -0.25) is 4.79 Å². The van der Waals surface area contributed by atoms with E-state index in [1.165, 1.54) is 0 Å². The Balaban J connectivity index is 0.000001000. The van der Waals surface area contributed by atoms with Gasteiger partial charge in [0.1, 0.15) is 12.7 Å². The summed E-state index contributed by atoms with van der Waals surface area (Å²) in [6.07, 6.45) is 1.57. The first-order valence-electron chi connectivity index (χ1n) is 3.60. The molecule has 1 unspecified atom stereocenters. The van der Waals surface area contributed by atoms with E-state index < -0.39 is 0 Å². The van der Waals surface area contributed by atoms with E-state index in [2.05, 4.69) is 0 Å². The second-order valence-corrected chi connectivity index (χ2v) is 2.39.